The topological polar surface area (TPSA) is 159 Å². The van der Waals surface area contributed by atoms with E-state index in [4.69, 9.17) is 14.8 Å². The number of aliphatic imine (C=N–C) groups is 1. The van der Waals surface area contributed by atoms with Crippen molar-refractivity contribution in [2.45, 2.75) is 45.4 Å². The van der Waals surface area contributed by atoms with Gasteiger partial charge in [-0.15, -0.1) is 0 Å². The second-order valence-electron chi connectivity index (χ2n) is 12.7. The molecule has 25 heteroatoms. The summed E-state index contributed by atoms with van der Waals surface area (Å²) in [5.41, 5.74) is 8.57. The molecule has 7 rings (SSSR count). The Morgan fingerprint density at radius 1 is 0.855 bits per heavy atom. The first-order valence-electron chi connectivity index (χ1n) is 15.4. The van der Waals surface area contributed by atoms with Crippen molar-refractivity contribution in [1.82, 2.24) is 18.4 Å². The van der Waals surface area contributed by atoms with Crippen LogP contribution < -0.4 is 5.46 Å². The van der Waals surface area contributed by atoms with E-state index in [1.807, 2.05) is 31.7 Å². The number of nitrogens with zero attached hydrogens (tertiary/aromatic N) is 5. The third kappa shape index (κ3) is 11.6. The number of hydrogen-bond acceptors (Lipinski definition) is 9. The normalized spacial score (nSPS) is 15.6. The Kier molecular flexibility index (Phi) is 15.6. The summed E-state index contributed by atoms with van der Waals surface area (Å²) in [6.07, 6.45) is 6.55. The summed E-state index contributed by atoms with van der Waals surface area (Å²) < 4.78 is 102. The Labute approximate surface area is 364 Å². The van der Waals surface area contributed by atoms with E-state index < -0.39 is 54.5 Å². The van der Waals surface area contributed by atoms with Gasteiger partial charge in [0, 0.05) is 43.6 Å². The van der Waals surface area contributed by atoms with Crippen molar-refractivity contribution in [3.05, 3.63) is 91.8 Å². The van der Waals surface area contributed by atoms with E-state index in [2.05, 4.69) is 91.5 Å². The molecule has 0 amide bonds. The number of nitrogens with one attached hydrogen (secondary N) is 1. The fourth-order valence-electron chi connectivity index (χ4n) is 5.00. The number of halogens is 7. The van der Waals surface area contributed by atoms with Crippen molar-refractivity contribution in [2.75, 3.05) is 12.5 Å². The fourth-order valence-corrected chi connectivity index (χ4v) is 14.8. The standard InChI is InChI=1S/C14H18BFN2O4S.C8H6BrFN2O2S.C8H5BrFN.BHI2NPS/c1-13(2)14(3,4)22-15(21-13)11-6-9(16)7-12-10(11)8-17-18(12)23(5,19)20;1-15(13,14)12-8-3-5(10)2-7(9)6(8)4-11-12;9-8-2-6(10)1-5-3-11-4-7(5)8;2-1-6-5(3)4/h6-8H,1-5H3;2-4H,1H3;1-2,4H,3H2;4H. The van der Waals surface area contributed by atoms with Gasteiger partial charge in [-0.3, -0.25) is 4.99 Å². The van der Waals surface area contributed by atoms with Crippen LogP contribution in [0.15, 0.2) is 62.7 Å². The molecule has 1 unspecified atom stereocenters. The molecule has 294 valence electrons. The Morgan fingerprint density at radius 3 is 1.82 bits per heavy atom. The minimum atomic E-state index is -3.63. The van der Waals surface area contributed by atoms with Gasteiger partial charge in [-0.05, 0) is 78.9 Å². The van der Waals surface area contributed by atoms with Gasteiger partial charge < -0.3 is 9.31 Å². The average molecular weight is 1190 g/mol. The van der Waals surface area contributed by atoms with Crippen LogP contribution in [0.4, 0.5) is 13.2 Å². The van der Waals surface area contributed by atoms with Crippen LogP contribution in [0.5, 0.6) is 0 Å². The molecule has 2 aliphatic heterocycles. The van der Waals surface area contributed by atoms with E-state index in [0.29, 0.717) is 27.3 Å². The van der Waals surface area contributed by atoms with E-state index in [-0.39, 0.29) is 16.9 Å². The molecule has 1 saturated heterocycles. The van der Waals surface area contributed by atoms with Gasteiger partial charge in [0.15, 0.2) is 0 Å². The molecule has 0 radical (unpaired) electrons. The van der Waals surface area contributed by atoms with Gasteiger partial charge in [0.2, 0.25) is 0 Å². The first-order chi connectivity index (χ1) is 25.4. The first-order valence-corrected chi connectivity index (χ1v) is 27.5. The third-order valence-electron chi connectivity index (χ3n) is 8.15. The number of benzene rings is 3. The average Bonchev–Trinajstić information content (AvgIpc) is 3.82. The molecule has 1 fully saturated rings. The molecule has 0 spiro atoms. The molecule has 55 heavy (non-hydrogen) atoms. The van der Waals surface area contributed by atoms with Gasteiger partial charge >= 0.3 is 75.9 Å². The minimum absolute atomic E-state index is 0.164. The van der Waals surface area contributed by atoms with Crippen LogP contribution in [0.1, 0.15) is 38.8 Å². The fraction of sp³-hybridized carbons (Fsp3) is 0.300. The van der Waals surface area contributed by atoms with Crippen LogP contribution in [-0.4, -0.2) is 76.3 Å². The van der Waals surface area contributed by atoms with Crippen molar-refractivity contribution in [3.63, 3.8) is 0 Å². The van der Waals surface area contributed by atoms with Crippen LogP contribution in [0.2, 0.25) is 0 Å². The molecule has 3 aromatic carbocycles. The van der Waals surface area contributed by atoms with E-state index in [0.717, 1.165) is 48.4 Å². The Morgan fingerprint density at radius 2 is 1.33 bits per heavy atom. The molecule has 5 aromatic rings. The number of rotatable bonds is 3. The maximum atomic E-state index is 14.0. The van der Waals surface area contributed by atoms with Gasteiger partial charge in [-0.2, -0.15) is 18.4 Å². The predicted octanol–water partition coefficient (Wildman–Crippen LogP) is 8.30. The molecule has 1 N–H and O–H groups in total. The van der Waals surface area contributed by atoms with E-state index >= 15 is 0 Å². The molecule has 2 aliphatic rings. The van der Waals surface area contributed by atoms with Crippen molar-refractivity contribution in [1.29, 1.82) is 0 Å². The SMILES string of the molecule is CC1(C)OB(c2cc(F)cc3c2cnn3S(C)(=O)=O)OC1(C)C.CS(=O)(=O)n1ncc2c(Br)cc(F)cc21.Fc1cc(Br)c2c(c1)CN=C2.[NH-][P+](I)=S=BI. The number of hydrogen-bond donors (Lipinski definition) is 0. The number of aromatic nitrogens is 4. The molecular formula is C30H30B2Br2F3I2N6O6PS3. The van der Waals surface area contributed by atoms with E-state index in [1.54, 1.807) is 16.6 Å². The van der Waals surface area contributed by atoms with Crippen molar-refractivity contribution in [3.8, 4) is 0 Å². The van der Waals surface area contributed by atoms with E-state index in [1.165, 1.54) is 36.7 Å². The number of fused-ring (bicyclic) bond motifs is 3. The molecule has 1 atom stereocenters. The molecule has 0 bridgehead atoms. The predicted molar refractivity (Wildman–Crippen MR) is 241 cm³/mol. The van der Waals surface area contributed by atoms with Crippen LogP contribution in [0, 0.1) is 17.5 Å². The summed E-state index contributed by atoms with van der Waals surface area (Å²) in [4.78, 5) is 4.03. The summed E-state index contributed by atoms with van der Waals surface area (Å²) in [7, 11) is -6.36. The van der Waals surface area contributed by atoms with Crippen molar-refractivity contribution in [2.24, 2.45) is 4.99 Å². The Balaban J connectivity index is 0.000000180. The summed E-state index contributed by atoms with van der Waals surface area (Å²) >= 11 is 10.6. The molecule has 0 saturated carbocycles. The zero-order valence-electron chi connectivity index (χ0n) is 29.6. The van der Waals surface area contributed by atoms with Gasteiger partial charge in [0.1, 0.15) is 17.5 Å². The van der Waals surface area contributed by atoms with Gasteiger partial charge in [0.05, 0.1) is 53.7 Å². The van der Waals surface area contributed by atoms with Gasteiger partial charge in [-0.25, -0.2) is 30.0 Å². The second kappa shape index (κ2) is 18.4. The first kappa shape index (κ1) is 46.6. The zero-order valence-corrected chi connectivity index (χ0v) is 40.4. The second-order valence-corrected chi connectivity index (χ2v) is 27.0. The van der Waals surface area contributed by atoms with Crippen LogP contribution in [0.3, 0.4) is 0 Å². The Hall–Kier alpha value is -1.09. The molecule has 2 aromatic heterocycles. The van der Waals surface area contributed by atoms with Gasteiger partial charge in [0.25, 0.3) is 20.0 Å². The monoisotopic (exact) mass is 1190 g/mol. The zero-order chi connectivity index (χ0) is 41.3. The summed E-state index contributed by atoms with van der Waals surface area (Å²) in [6.45, 7) is 8.17. The molecule has 4 heterocycles. The molecular weight excluding hydrogens is 1160 g/mol. The van der Waals surface area contributed by atoms with E-state index in [9.17, 15) is 30.0 Å². The summed E-state index contributed by atoms with van der Waals surface area (Å²) in [6, 6.07) is 7.80. The Bertz CT molecular complexity index is 2600. The van der Waals surface area contributed by atoms with Crippen LogP contribution in [-0.2, 0) is 46.3 Å². The molecule has 12 nitrogen and oxygen atoms in total. The quantitative estimate of drug-likeness (QED) is 0.0992. The molecule has 0 aliphatic carbocycles. The van der Waals surface area contributed by atoms with Gasteiger partial charge in [-0.1, -0.05) is 15.9 Å². The van der Waals surface area contributed by atoms with Crippen LogP contribution in [0.25, 0.3) is 27.3 Å². The summed E-state index contributed by atoms with van der Waals surface area (Å²) in [5.74, 6) is -1.30. The third-order valence-corrected chi connectivity index (χ3v) is 16.5. The van der Waals surface area contributed by atoms with Crippen LogP contribution >= 0.6 is 80.8 Å². The van der Waals surface area contributed by atoms with Crippen molar-refractivity contribution >= 4 is 156 Å². The summed E-state index contributed by atoms with van der Waals surface area (Å²) in [5, 5.41) is 8.60. The maximum absolute atomic E-state index is 14.0. The van der Waals surface area contributed by atoms with Crippen molar-refractivity contribution < 1.29 is 39.3 Å².